The highest BCUT2D eigenvalue weighted by atomic mass is 32.2. The molecule has 0 aromatic heterocycles. The predicted octanol–water partition coefficient (Wildman–Crippen LogP) is 1.63. The lowest BCUT2D eigenvalue weighted by molar-refractivity contribution is -0.174. The van der Waals surface area contributed by atoms with Crippen LogP contribution in [0.1, 0.15) is 46.0 Å². The average Bonchev–Trinajstić information content (AvgIpc) is 2.39. The first-order chi connectivity index (χ1) is 9.70. The highest BCUT2D eigenvalue weighted by Gasteiger charge is 2.54. The third kappa shape index (κ3) is 3.56. The molecule has 0 radical (unpaired) electrons. The second-order valence-electron chi connectivity index (χ2n) is 5.67. The molecule has 0 aromatic rings. The van der Waals surface area contributed by atoms with Gasteiger partial charge in [-0.2, -0.15) is 0 Å². The summed E-state index contributed by atoms with van der Waals surface area (Å²) in [6.07, 6.45) is 3.14. The fraction of sp³-hybridized carbons (Fsp3) is 0.857. The highest BCUT2D eigenvalue weighted by molar-refractivity contribution is 7.91. The number of carbonyl (C=O) groups is 2. The fourth-order valence-electron chi connectivity index (χ4n) is 3.25. The van der Waals surface area contributed by atoms with E-state index < -0.39 is 38.4 Å². The Morgan fingerprint density at radius 2 is 1.90 bits per heavy atom. The number of hydrogen-bond acceptors (Lipinski definition) is 5. The number of carboxylic acid groups (broad SMARTS) is 1. The fourth-order valence-corrected chi connectivity index (χ4v) is 4.43. The molecule has 3 unspecified atom stereocenters. The summed E-state index contributed by atoms with van der Waals surface area (Å²) in [4.78, 5) is 24.0. The van der Waals surface area contributed by atoms with E-state index in [-0.39, 0.29) is 19.4 Å². The maximum atomic E-state index is 12.2. The quantitative estimate of drug-likeness (QED) is 0.590. The lowest BCUT2D eigenvalue weighted by Crippen LogP contribution is -2.49. The first-order valence-electron chi connectivity index (χ1n) is 7.29. The molecule has 0 aliphatic heterocycles. The Kier molecular flexibility index (Phi) is 5.78. The maximum absolute atomic E-state index is 12.2. The van der Waals surface area contributed by atoms with E-state index in [1.165, 1.54) is 6.26 Å². The number of ether oxygens (including phenoxy) is 1. The van der Waals surface area contributed by atoms with Gasteiger partial charge in [0.2, 0.25) is 0 Å². The molecule has 1 N–H and O–H groups in total. The Balaban J connectivity index is 3.14. The van der Waals surface area contributed by atoms with Crippen LogP contribution in [-0.2, 0) is 24.2 Å². The van der Waals surface area contributed by atoms with Crippen molar-refractivity contribution in [3.63, 3.8) is 0 Å². The molecule has 1 rings (SSSR count). The highest BCUT2D eigenvalue weighted by Crippen LogP contribution is 2.44. The number of esters is 1. The van der Waals surface area contributed by atoms with Crippen molar-refractivity contribution in [3.05, 3.63) is 0 Å². The van der Waals surface area contributed by atoms with Gasteiger partial charge in [-0.1, -0.05) is 13.3 Å². The van der Waals surface area contributed by atoms with Crippen LogP contribution in [-0.4, -0.2) is 43.6 Å². The Labute approximate surface area is 125 Å². The first-order valence-corrected chi connectivity index (χ1v) is 9.25. The summed E-state index contributed by atoms with van der Waals surface area (Å²) in [6, 6.07) is 0. The second kappa shape index (κ2) is 6.77. The second-order valence-corrected chi connectivity index (χ2v) is 7.99. The van der Waals surface area contributed by atoms with Gasteiger partial charge in [0.15, 0.2) is 5.41 Å². The standard InChI is InChI=1S/C14H24O6S/c1-4-14(12(15)16,13(17)20-5-2)10-7-6-8-11(9-10)21(3,18)19/h10-11H,4-9H2,1-3H3,(H,15,16). The van der Waals surface area contributed by atoms with Gasteiger partial charge in [-0.05, 0) is 38.5 Å². The van der Waals surface area contributed by atoms with Crippen molar-refractivity contribution in [2.45, 2.75) is 51.2 Å². The molecule has 122 valence electrons. The molecule has 0 aromatic carbocycles. The van der Waals surface area contributed by atoms with Crippen molar-refractivity contribution in [1.82, 2.24) is 0 Å². The monoisotopic (exact) mass is 320 g/mol. The van der Waals surface area contributed by atoms with Crippen LogP contribution in [0.25, 0.3) is 0 Å². The van der Waals surface area contributed by atoms with E-state index in [2.05, 4.69) is 0 Å². The molecule has 1 saturated carbocycles. The van der Waals surface area contributed by atoms with E-state index in [1.54, 1.807) is 13.8 Å². The average molecular weight is 320 g/mol. The molecule has 1 aliphatic carbocycles. The largest absolute Gasteiger partial charge is 0.480 e. The normalized spacial score (nSPS) is 25.9. The number of carbonyl (C=O) groups excluding carboxylic acids is 1. The van der Waals surface area contributed by atoms with Crippen LogP contribution in [0.3, 0.4) is 0 Å². The zero-order chi connectivity index (χ0) is 16.3. The lowest BCUT2D eigenvalue weighted by Gasteiger charge is -2.38. The predicted molar refractivity (Wildman–Crippen MR) is 77.6 cm³/mol. The molecule has 21 heavy (non-hydrogen) atoms. The van der Waals surface area contributed by atoms with Gasteiger partial charge in [0.25, 0.3) is 0 Å². The smallest absolute Gasteiger partial charge is 0.323 e. The zero-order valence-corrected chi connectivity index (χ0v) is 13.6. The summed E-state index contributed by atoms with van der Waals surface area (Å²) in [5, 5.41) is 9.04. The van der Waals surface area contributed by atoms with Crippen molar-refractivity contribution in [1.29, 1.82) is 0 Å². The van der Waals surface area contributed by atoms with Gasteiger partial charge in [-0.3, -0.25) is 9.59 Å². The molecule has 3 atom stereocenters. The Morgan fingerprint density at radius 1 is 1.29 bits per heavy atom. The molecular weight excluding hydrogens is 296 g/mol. The van der Waals surface area contributed by atoms with Crippen molar-refractivity contribution >= 4 is 21.8 Å². The van der Waals surface area contributed by atoms with Crippen LogP contribution in [0.15, 0.2) is 0 Å². The van der Waals surface area contributed by atoms with Gasteiger partial charge in [-0.25, -0.2) is 8.42 Å². The van der Waals surface area contributed by atoms with Crippen LogP contribution in [0.5, 0.6) is 0 Å². The van der Waals surface area contributed by atoms with E-state index in [1.807, 2.05) is 0 Å². The minimum absolute atomic E-state index is 0.0995. The molecule has 0 amide bonds. The molecule has 6 nitrogen and oxygen atoms in total. The third-order valence-corrected chi connectivity index (χ3v) is 6.15. The van der Waals surface area contributed by atoms with E-state index >= 15 is 0 Å². The molecule has 0 saturated heterocycles. The molecule has 1 aliphatic rings. The number of hydrogen-bond donors (Lipinski definition) is 1. The summed E-state index contributed by atoms with van der Waals surface area (Å²) in [5.74, 6) is -2.48. The number of aliphatic carboxylic acids is 1. The topological polar surface area (TPSA) is 97.7 Å². The third-order valence-electron chi connectivity index (χ3n) is 4.51. The minimum atomic E-state index is -3.24. The van der Waals surface area contributed by atoms with Gasteiger partial charge in [-0.15, -0.1) is 0 Å². The van der Waals surface area contributed by atoms with Crippen LogP contribution in [0.4, 0.5) is 0 Å². The Hall–Kier alpha value is -1.11. The number of sulfone groups is 1. The van der Waals surface area contributed by atoms with Crippen molar-refractivity contribution in [2.24, 2.45) is 11.3 Å². The summed E-state index contributed by atoms with van der Waals surface area (Å²) in [5.41, 5.74) is -1.64. The lowest BCUT2D eigenvalue weighted by atomic mass is 9.67. The SMILES string of the molecule is CCOC(=O)C(CC)(C(=O)O)C1CCCC(S(C)(=O)=O)C1. The van der Waals surface area contributed by atoms with Gasteiger partial charge < -0.3 is 9.84 Å². The van der Waals surface area contributed by atoms with Crippen molar-refractivity contribution < 1.29 is 27.9 Å². The van der Waals surface area contributed by atoms with E-state index in [0.717, 1.165) is 0 Å². The number of carboxylic acids is 1. The van der Waals surface area contributed by atoms with E-state index in [4.69, 9.17) is 4.74 Å². The molecule has 0 bridgehead atoms. The zero-order valence-electron chi connectivity index (χ0n) is 12.8. The van der Waals surface area contributed by atoms with Gasteiger partial charge in [0, 0.05) is 6.26 Å². The maximum Gasteiger partial charge on any atom is 0.323 e. The summed E-state index contributed by atoms with van der Waals surface area (Å²) < 4.78 is 28.5. The summed E-state index contributed by atoms with van der Waals surface area (Å²) in [6.45, 7) is 3.37. The van der Waals surface area contributed by atoms with Crippen LogP contribution < -0.4 is 0 Å². The van der Waals surface area contributed by atoms with Gasteiger partial charge >= 0.3 is 11.9 Å². The number of rotatable bonds is 6. The molecule has 7 heteroatoms. The summed E-state index contributed by atoms with van der Waals surface area (Å²) in [7, 11) is -3.24. The van der Waals surface area contributed by atoms with Crippen LogP contribution >= 0.6 is 0 Å². The van der Waals surface area contributed by atoms with Gasteiger partial charge in [0.1, 0.15) is 9.84 Å². The molecule has 1 fully saturated rings. The Morgan fingerprint density at radius 3 is 2.33 bits per heavy atom. The Bertz CT molecular complexity index is 498. The van der Waals surface area contributed by atoms with Gasteiger partial charge in [0.05, 0.1) is 11.9 Å². The first kappa shape index (κ1) is 17.9. The van der Waals surface area contributed by atoms with Crippen molar-refractivity contribution in [2.75, 3.05) is 12.9 Å². The molecular formula is C14H24O6S. The van der Waals surface area contributed by atoms with E-state index in [0.29, 0.717) is 19.3 Å². The van der Waals surface area contributed by atoms with E-state index in [9.17, 15) is 23.1 Å². The molecule has 0 heterocycles. The molecule has 0 spiro atoms. The van der Waals surface area contributed by atoms with Crippen LogP contribution in [0.2, 0.25) is 0 Å². The summed E-state index contributed by atoms with van der Waals surface area (Å²) >= 11 is 0. The van der Waals surface area contributed by atoms with Crippen molar-refractivity contribution in [3.8, 4) is 0 Å². The minimum Gasteiger partial charge on any atom is -0.480 e. The van der Waals surface area contributed by atoms with Crippen LogP contribution in [0, 0.1) is 11.3 Å².